The minimum absolute atomic E-state index is 0.211. The van der Waals surface area contributed by atoms with Gasteiger partial charge in [0, 0.05) is 13.1 Å². The van der Waals surface area contributed by atoms with E-state index < -0.39 is 23.9 Å². The molecule has 4 amide bonds. The SMILES string of the molecule is Cc1ccc(CNC(=O)N(C[C@H](C)C(=O)O)C(=O)NNNc2ccc(CCC3CC3)cc2)cc1. The second-order valence-corrected chi connectivity index (χ2v) is 8.85. The Balaban J connectivity index is 1.50. The molecule has 5 N–H and O–H groups in total. The first-order chi connectivity index (χ1) is 16.3. The van der Waals surface area contributed by atoms with Gasteiger partial charge in [0.05, 0.1) is 11.6 Å². The van der Waals surface area contributed by atoms with Crippen LogP contribution in [-0.2, 0) is 17.8 Å². The maximum Gasteiger partial charge on any atom is 0.341 e. The van der Waals surface area contributed by atoms with Gasteiger partial charge in [-0.3, -0.25) is 10.2 Å². The lowest BCUT2D eigenvalue weighted by Crippen LogP contribution is -2.54. The average molecular weight is 468 g/mol. The zero-order valence-electron chi connectivity index (χ0n) is 19.6. The molecule has 0 spiro atoms. The van der Waals surface area contributed by atoms with Crippen LogP contribution in [0.3, 0.4) is 0 Å². The lowest BCUT2D eigenvalue weighted by atomic mass is 10.1. The Morgan fingerprint density at radius 3 is 2.26 bits per heavy atom. The lowest BCUT2D eigenvalue weighted by molar-refractivity contribution is -0.141. The van der Waals surface area contributed by atoms with Crippen LogP contribution in [0.5, 0.6) is 0 Å². The Hall–Kier alpha value is -3.59. The maximum absolute atomic E-state index is 12.7. The number of carbonyl (C=O) groups is 3. The molecule has 9 heteroatoms. The minimum atomic E-state index is -1.10. The van der Waals surface area contributed by atoms with Crippen LogP contribution in [0.15, 0.2) is 48.5 Å². The van der Waals surface area contributed by atoms with E-state index in [-0.39, 0.29) is 13.1 Å². The van der Waals surface area contributed by atoms with E-state index in [9.17, 15) is 19.5 Å². The molecule has 2 aromatic rings. The zero-order valence-corrected chi connectivity index (χ0v) is 19.6. The molecular formula is C25H33N5O4. The molecule has 0 aliphatic heterocycles. The van der Waals surface area contributed by atoms with Gasteiger partial charge in [0.25, 0.3) is 0 Å². The fourth-order valence-corrected chi connectivity index (χ4v) is 3.35. The number of aryl methyl sites for hydroxylation is 2. The van der Waals surface area contributed by atoms with E-state index in [4.69, 9.17) is 0 Å². The van der Waals surface area contributed by atoms with Crippen LogP contribution in [0, 0.1) is 18.8 Å². The van der Waals surface area contributed by atoms with Crippen molar-refractivity contribution in [1.82, 2.24) is 21.2 Å². The smallest absolute Gasteiger partial charge is 0.341 e. The largest absolute Gasteiger partial charge is 0.481 e. The van der Waals surface area contributed by atoms with Gasteiger partial charge in [-0.15, -0.1) is 5.53 Å². The highest BCUT2D eigenvalue weighted by Crippen LogP contribution is 2.33. The van der Waals surface area contributed by atoms with Crippen molar-refractivity contribution in [3.8, 4) is 0 Å². The standard InChI is InChI=1S/C25H33N5O4/c1-17-3-5-21(6-4-17)15-26-24(33)30(16-18(2)23(31)32)25(34)28-29-27-22-13-11-20(12-14-22)10-9-19-7-8-19/h3-6,11-14,18-19,27,29H,7-10,15-16H2,1-2H3,(H,26,33)(H,28,34)(H,31,32)/t18-/m0/s1. The van der Waals surface area contributed by atoms with E-state index in [0.29, 0.717) is 0 Å². The van der Waals surface area contributed by atoms with Crippen molar-refractivity contribution in [2.45, 2.75) is 46.1 Å². The van der Waals surface area contributed by atoms with Crippen LogP contribution in [0.1, 0.15) is 42.9 Å². The van der Waals surface area contributed by atoms with Crippen LogP contribution in [0.4, 0.5) is 15.3 Å². The molecule has 9 nitrogen and oxygen atoms in total. The van der Waals surface area contributed by atoms with Crippen molar-refractivity contribution >= 4 is 23.7 Å². The number of carbonyl (C=O) groups excluding carboxylic acids is 2. The molecule has 0 radical (unpaired) electrons. The normalized spacial score (nSPS) is 13.6. The number of hydrogen-bond donors (Lipinski definition) is 5. The van der Waals surface area contributed by atoms with E-state index >= 15 is 0 Å². The second-order valence-electron chi connectivity index (χ2n) is 8.85. The summed E-state index contributed by atoms with van der Waals surface area (Å²) < 4.78 is 0. The van der Waals surface area contributed by atoms with Crippen molar-refractivity contribution < 1.29 is 19.5 Å². The molecule has 182 valence electrons. The highest BCUT2D eigenvalue weighted by atomic mass is 16.4. The van der Waals surface area contributed by atoms with Gasteiger partial charge in [-0.05, 0) is 48.9 Å². The minimum Gasteiger partial charge on any atom is -0.481 e. The number of nitrogens with zero attached hydrogens (tertiary/aromatic N) is 1. The number of rotatable bonds is 11. The molecule has 1 saturated carbocycles. The predicted molar refractivity (Wildman–Crippen MR) is 130 cm³/mol. The number of carboxylic acids is 1. The third-order valence-corrected chi connectivity index (χ3v) is 5.80. The number of hydrogen-bond acceptors (Lipinski definition) is 5. The fraction of sp³-hybridized carbons (Fsp3) is 0.400. The third-order valence-electron chi connectivity index (χ3n) is 5.80. The van der Waals surface area contributed by atoms with Gasteiger partial charge in [0.2, 0.25) is 0 Å². The summed E-state index contributed by atoms with van der Waals surface area (Å²) in [6.07, 6.45) is 4.96. The summed E-state index contributed by atoms with van der Waals surface area (Å²) in [4.78, 5) is 37.5. The molecule has 0 saturated heterocycles. The highest BCUT2D eigenvalue weighted by Gasteiger charge is 2.26. The Morgan fingerprint density at radius 2 is 1.65 bits per heavy atom. The van der Waals surface area contributed by atoms with Gasteiger partial charge in [0.15, 0.2) is 0 Å². The molecule has 2 aromatic carbocycles. The molecule has 34 heavy (non-hydrogen) atoms. The van der Waals surface area contributed by atoms with Crippen LogP contribution < -0.4 is 21.7 Å². The number of carboxylic acid groups (broad SMARTS) is 1. The Morgan fingerprint density at radius 1 is 1.00 bits per heavy atom. The molecule has 0 bridgehead atoms. The number of anilines is 1. The quantitative estimate of drug-likeness (QED) is 0.320. The zero-order chi connectivity index (χ0) is 24.5. The van der Waals surface area contributed by atoms with Crippen molar-refractivity contribution in [3.63, 3.8) is 0 Å². The lowest BCUT2D eigenvalue weighted by Gasteiger charge is -2.24. The molecule has 1 aliphatic rings. The van der Waals surface area contributed by atoms with Crippen LogP contribution >= 0.6 is 0 Å². The van der Waals surface area contributed by atoms with E-state index in [1.807, 2.05) is 55.5 Å². The summed E-state index contributed by atoms with van der Waals surface area (Å²) in [5, 5.41) is 11.9. The molecule has 0 aromatic heterocycles. The summed E-state index contributed by atoms with van der Waals surface area (Å²) in [5.74, 6) is -1.14. The van der Waals surface area contributed by atoms with Gasteiger partial charge >= 0.3 is 18.0 Å². The van der Waals surface area contributed by atoms with Gasteiger partial charge < -0.3 is 15.8 Å². The van der Waals surface area contributed by atoms with Gasteiger partial charge in [-0.2, -0.15) is 0 Å². The second kappa shape index (κ2) is 12.0. The van der Waals surface area contributed by atoms with Gasteiger partial charge in [-0.1, -0.05) is 61.7 Å². The van der Waals surface area contributed by atoms with E-state index in [1.54, 1.807) is 0 Å². The fourth-order valence-electron chi connectivity index (χ4n) is 3.35. The molecular weight excluding hydrogens is 434 g/mol. The summed E-state index contributed by atoms with van der Waals surface area (Å²) in [5.41, 5.74) is 11.8. The number of nitrogens with one attached hydrogen (secondary N) is 4. The maximum atomic E-state index is 12.7. The number of benzene rings is 2. The van der Waals surface area contributed by atoms with E-state index in [1.165, 1.54) is 31.7 Å². The molecule has 3 rings (SSSR count). The summed E-state index contributed by atoms with van der Waals surface area (Å²) in [6.45, 7) is 3.33. The van der Waals surface area contributed by atoms with Crippen molar-refractivity contribution in [2.75, 3.05) is 12.0 Å². The summed E-state index contributed by atoms with van der Waals surface area (Å²) in [7, 11) is 0. The van der Waals surface area contributed by atoms with Gasteiger partial charge in [-0.25, -0.2) is 14.5 Å². The number of urea groups is 2. The molecule has 1 aliphatic carbocycles. The first-order valence-electron chi connectivity index (χ1n) is 11.6. The van der Waals surface area contributed by atoms with Crippen LogP contribution in [0.2, 0.25) is 0 Å². The van der Waals surface area contributed by atoms with Crippen molar-refractivity contribution in [2.24, 2.45) is 11.8 Å². The molecule has 0 heterocycles. The summed E-state index contributed by atoms with van der Waals surface area (Å²) >= 11 is 0. The van der Waals surface area contributed by atoms with Crippen molar-refractivity contribution in [1.29, 1.82) is 0 Å². The molecule has 1 fully saturated rings. The van der Waals surface area contributed by atoms with E-state index in [2.05, 4.69) is 21.7 Å². The molecule has 0 unspecified atom stereocenters. The first-order valence-corrected chi connectivity index (χ1v) is 11.6. The average Bonchev–Trinajstić information content (AvgIpc) is 3.65. The molecule has 1 atom stereocenters. The summed E-state index contributed by atoms with van der Waals surface area (Å²) in [6, 6.07) is 14.0. The Labute approximate surface area is 199 Å². The number of aliphatic carboxylic acids is 1. The predicted octanol–water partition coefficient (Wildman–Crippen LogP) is 3.81. The van der Waals surface area contributed by atoms with Gasteiger partial charge in [0.1, 0.15) is 0 Å². The Bertz CT molecular complexity index is 974. The number of imide groups is 1. The first kappa shape index (κ1) is 25.0. The monoisotopic (exact) mass is 467 g/mol. The third kappa shape index (κ3) is 8.08. The van der Waals surface area contributed by atoms with E-state index in [0.717, 1.165) is 34.1 Å². The topological polar surface area (TPSA) is 123 Å². The highest BCUT2D eigenvalue weighted by molar-refractivity contribution is 5.93. The van der Waals surface area contributed by atoms with Crippen LogP contribution in [0.25, 0.3) is 0 Å². The number of hydrazine groups is 2. The Kier molecular flexibility index (Phi) is 8.86. The van der Waals surface area contributed by atoms with Crippen molar-refractivity contribution in [3.05, 3.63) is 65.2 Å². The number of amides is 4. The van der Waals surface area contributed by atoms with Crippen LogP contribution in [-0.4, -0.2) is 34.6 Å².